The van der Waals surface area contributed by atoms with E-state index in [-0.39, 0.29) is 17.2 Å². The van der Waals surface area contributed by atoms with E-state index in [1.165, 1.54) is 24.0 Å². The van der Waals surface area contributed by atoms with E-state index in [1.54, 1.807) is 0 Å². The molecule has 0 N–H and O–H groups in total. The van der Waals surface area contributed by atoms with Crippen LogP contribution in [0.5, 0.6) is 0 Å². The van der Waals surface area contributed by atoms with Crippen LogP contribution in [-0.2, 0) is 28.9 Å². The van der Waals surface area contributed by atoms with Gasteiger partial charge >= 0.3 is 0 Å². The van der Waals surface area contributed by atoms with Gasteiger partial charge < -0.3 is 9.80 Å². The fourth-order valence-electron chi connectivity index (χ4n) is 4.00. The Bertz CT molecular complexity index is 675. The maximum absolute atomic E-state index is 12.7. The van der Waals surface area contributed by atoms with E-state index in [2.05, 4.69) is 39.0 Å². The van der Waals surface area contributed by atoms with Crippen molar-refractivity contribution >= 4 is 11.8 Å². The Kier molecular flexibility index (Phi) is 5.69. The van der Waals surface area contributed by atoms with Crippen LogP contribution in [0.3, 0.4) is 0 Å². The Morgan fingerprint density at radius 3 is 2.23 bits per heavy atom. The average Bonchev–Trinajstić information content (AvgIpc) is 2.87. The van der Waals surface area contributed by atoms with E-state index in [4.69, 9.17) is 0 Å². The maximum Gasteiger partial charge on any atom is 0.227 e. The summed E-state index contributed by atoms with van der Waals surface area (Å²) in [6, 6.07) is 6.52. The van der Waals surface area contributed by atoms with Gasteiger partial charge in [0.25, 0.3) is 0 Å². The topological polar surface area (TPSA) is 40.6 Å². The summed E-state index contributed by atoms with van der Waals surface area (Å²) in [5, 5.41) is 0. The zero-order valence-corrected chi connectivity index (χ0v) is 16.5. The van der Waals surface area contributed by atoms with E-state index in [1.807, 2.05) is 9.80 Å². The molecular weight excluding hydrogens is 324 g/mol. The third-order valence-corrected chi connectivity index (χ3v) is 5.40. The van der Waals surface area contributed by atoms with Crippen molar-refractivity contribution in [1.29, 1.82) is 0 Å². The van der Waals surface area contributed by atoms with Gasteiger partial charge in [0.2, 0.25) is 11.8 Å². The predicted octanol–water partition coefficient (Wildman–Crippen LogP) is 3.21. The van der Waals surface area contributed by atoms with Crippen LogP contribution >= 0.6 is 0 Å². The summed E-state index contributed by atoms with van der Waals surface area (Å²) in [5.41, 5.74) is 4.00. The standard InChI is InChI=1S/C22H32N2O2/c1-22(2,3)16-21(26)24-11-5-10-23(12-13-24)20(25)15-17-8-9-18-6-4-7-19(18)14-17/h8-9,14H,4-7,10-13,15-16H2,1-3H3. The second-order valence-electron chi connectivity index (χ2n) is 8.99. The van der Waals surface area contributed by atoms with E-state index in [0.717, 1.165) is 31.5 Å². The highest BCUT2D eigenvalue weighted by atomic mass is 16.2. The zero-order valence-electron chi connectivity index (χ0n) is 16.5. The smallest absolute Gasteiger partial charge is 0.227 e. The number of hydrogen-bond acceptors (Lipinski definition) is 2. The molecule has 0 saturated carbocycles. The van der Waals surface area contributed by atoms with Crippen LogP contribution in [0.2, 0.25) is 0 Å². The Balaban J connectivity index is 1.55. The number of amides is 2. The molecule has 26 heavy (non-hydrogen) atoms. The van der Waals surface area contributed by atoms with E-state index < -0.39 is 0 Å². The Morgan fingerprint density at radius 1 is 0.885 bits per heavy atom. The van der Waals surface area contributed by atoms with Crippen molar-refractivity contribution in [3.05, 3.63) is 34.9 Å². The molecule has 0 atom stereocenters. The van der Waals surface area contributed by atoms with Crippen molar-refractivity contribution in [1.82, 2.24) is 9.80 Å². The summed E-state index contributed by atoms with van der Waals surface area (Å²) in [4.78, 5) is 29.1. The summed E-state index contributed by atoms with van der Waals surface area (Å²) < 4.78 is 0. The van der Waals surface area contributed by atoms with Crippen LogP contribution in [-0.4, -0.2) is 47.8 Å². The lowest BCUT2D eigenvalue weighted by atomic mass is 9.91. The van der Waals surface area contributed by atoms with Gasteiger partial charge in [-0.2, -0.15) is 0 Å². The minimum absolute atomic E-state index is 0.00641. The number of hydrogen-bond donors (Lipinski definition) is 0. The molecule has 0 aromatic heterocycles. The number of aryl methyl sites for hydroxylation is 2. The average molecular weight is 357 g/mol. The Morgan fingerprint density at radius 2 is 1.54 bits per heavy atom. The van der Waals surface area contributed by atoms with Gasteiger partial charge in [-0.3, -0.25) is 9.59 Å². The second kappa shape index (κ2) is 7.81. The van der Waals surface area contributed by atoms with Crippen molar-refractivity contribution in [2.75, 3.05) is 26.2 Å². The summed E-state index contributed by atoms with van der Waals surface area (Å²) in [6.45, 7) is 9.10. The molecule has 1 heterocycles. The first kappa shape index (κ1) is 18.9. The van der Waals surface area contributed by atoms with Crippen LogP contribution in [0.1, 0.15) is 56.7 Å². The fourth-order valence-corrected chi connectivity index (χ4v) is 4.00. The first-order valence-corrected chi connectivity index (χ1v) is 9.98. The van der Waals surface area contributed by atoms with Gasteiger partial charge in [0.05, 0.1) is 6.42 Å². The molecule has 0 unspecified atom stereocenters. The number of benzene rings is 1. The molecule has 4 heteroatoms. The van der Waals surface area contributed by atoms with Crippen molar-refractivity contribution in [2.24, 2.45) is 5.41 Å². The second-order valence-corrected chi connectivity index (χ2v) is 8.99. The maximum atomic E-state index is 12.7. The summed E-state index contributed by atoms with van der Waals surface area (Å²) in [6.07, 6.45) is 5.46. The normalized spacial score (nSPS) is 17.8. The van der Waals surface area contributed by atoms with Gasteiger partial charge in [-0.25, -0.2) is 0 Å². The quantitative estimate of drug-likeness (QED) is 0.834. The molecule has 1 fully saturated rings. The first-order valence-electron chi connectivity index (χ1n) is 9.98. The molecule has 0 radical (unpaired) electrons. The lowest BCUT2D eigenvalue weighted by Gasteiger charge is -2.25. The molecule has 2 aliphatic rings. The number of carbonyl (C=O) groups is 2. The van der Waals surface area contributed by atoms with Crippen LogP contribution in [0, 0.1) is 5.41 Å². The van der Waals surface area contributed by atoms with Crippen LogP contribution in [0.25, 0.3) is 0 Å². The fraction of sp³-hybridized carbons (Fsp3) is 0.636. The molecule has 1 aliphatic heterocycles. The Labute approximate surface area is 157 Å². The molecule has 0 bridgehead atoms. The van der Waals surface area contributed by atoms with Crippen molar-refractivity contribution in [3.63, 3.8) is 0 Å². The summed E-state index contributed by atoms with van der Waals surface area (Å²) in [7, 11) is 0. The van der Waals surface area contributed by atoms with Gasteiger partial charge in [-0.15, -0.1) is 0 Å². The van der Waals surface area contributed by atoms with Gasteiger partial charge in [0.15, 0.2) is 0 Å². The Hall–Kier alpha value is -1.84. The molecule has 3 rings (SSSR count). The van der Waals surface area contributed by atoms with E-state index in [0.29, 0.717) is 25.9 Å². The number of carbonyl (C=O) groups excluding carboxylic acids is 2. The summed E-state index contributed by atoms with van der Waals surface area (Å²) in [5.74, 6) is 0.401. The first-order chi connectivity index (χ1) is 12.3. The van der Waals surface area contributed by atoms with Gasteiger partial charge in [0, 0.05) is 32.6 Å². The molecule has 1 aromatic rings. The van der Waals surface area contributed by atoms with Crippen LogP contribution in [0.15, 0.2) is 18.2 Å². The van der Waals surface area contributed by atoms with Crippen molar-refractivity contribution in [3.8, 4) is 0 Å². The molecule has 1 aromatic carbocycles. The number of fused-ring (bicyclic) bond motifs is 1. The van der Waals surface area contributed by atoms with E-state index >= 15 is 0 Å². The highest BCUT2D eigenvalue weighted by Crippen LogP contribution is 2.23. The molecule has 1 saturated heterocycles. The predicted molar refractivity (Wildman–Crippen MR) is 104 cm³/mol. The van der Waals surface area contributed by atoms with Crippen molar-refractivity contribution < 1.29 is 9.59 Å². The van der Waals surface area contributed by atoms with Crippen LogP contribution < -0.4 is 0 Å². The van der Waals surface area contributed by atoms with Crippen molar-refractivity contribution in [2.45, 2.75) is 59.3 Å². The highest BCUT2D eigenvalue weighted by molar-refractivity contribution is 5.79. The molecule has 4 nitrogen and oxygen atoms in total. The third kappa shape index (κ3) is 4.87. The highest BCUT2D eigenvalue weighted by Gasteiger charge is 2.25. The third-order valence-electron chi connectivity index (χ3n) is 5.40. The minimum atomic E-state index is 0.00641. The zero-order chi connectivity index (χ0) is 18.7. The van der Waals surface area contributed by atoms with Crippen LogP contribution in [0.4, 0.5) is 0 Å². The molecular formula is C22H32N2O2. The lowest BCUT2D eigenvalue weighted by molar-refractivity contribution is -0.134. The minimum Gasteiger partial charge on any atom is -0.341 e. The van der Waals surface area contributed by atoms with Gasteiger partial charge in [-0.1, -0.05) is 39.0 Å². The van der Waals surface area contributed by atoms with E-state index in [9.17, 15) is 9.59 Å². The van der Waals surface area contributed by atoms with Gasteiger partial charge in [-0.05, 0) is 47.8 Å². The van der Waals surface area contributed by atoms with Gasteiger partial charge in [0.1, 0.15) is 0 Å². The monoisotopic (exact) mass is 356 g/mol. The SMILES string of the molecule is CC(C)(C)CC(=O)N1CCCN(C(=O)Cc2ccc3c(c2)CCC3)CC1. The number of rotatable bonds is 3. The molecule has 142 valence electrons. The molecule has 0 spiro atoms. The largest absolute Gasteiger partial charge is 0.341 e. The lowest BCUT2D eigenvalue weighted by Crippen LogP contribution is -2.38. The number of nitrogens with zero attached hydrogens (tertiary/aromatic N) is 2. The summed E-state index contributed by atoms with van der Waals surface area (Å²) >= 11 is 0. The molecule has 2 amide bonds. The molecule has 1 aliphatic carbocycles.